The lowest BCUT2D eigenvalue weighted by molar-refractivity contribution is 1.13. The van der Waals surface area contributed by atoms with E-state index in [1.54, 1.807) is 0 Å². The van der Waals surface area contributed by atoms with Crippen LogP contribution in [0.2, 0.25) is 0 Å². The van der Waals surface area contributed by atoms with Crippen molar-refractivity contribution >= 4 is 50.9 Å². The van der Waals surface area contributed by atoms with Crippen LogP contribution in [0.15, 0.2) is 12.1 Å². The lowest BCUT2D eigenvalue weighted by atomic mass is 10.2. The van der Waals surface area contributed by atoms with Gasteiger partial charge in [-0.15, -0.1) is 0 Å². The summed E-state index contributed by atoms with van der Waals surface area (Å²) in [6.45, 7) is 2.15. The van der Waals surface area contributed by atoms with Crippen LogP contribution in [0.25, 0.3) is 0 Å². The highest BCUT2D eigenvalue weighted by Crippen LogP contribution is 2.23. The average Bonchev–Trinajstić information content (AvgIpc) is 1.99. The van der Waals surface area contributed by atoms with Gasteiger partial charge in [-0.2, -0.15) is 0 Å². The van der Waals surface area contributed by atoms with Crippen molar-refractivity contribution in [2.75, 3.05) is 5.73 Å². The molecule has 0 saturated carbocycles. The summed E-state index contributed by atoms with van der Waals surface area (Å²) in [6, 6.07) is 4.27. The van der Waals surface area contributed by atoms with Gasteiger partial charge in [0.05, 0.1) is 5.69 Å². The van der Waals surface area contributed by atoms with E-state index in [0.717, 1.165) is 19.2 Å². The Hall–Kier alpha value is 0.480. The van der Waals surface area contributed by atoms with Crippen LogP contribution >= 0.6 is 45.2 Å². The van der Waals surface area contributed by atoms with Gasteiger partial charge in [0.1, 0.15) is 0 Å². The fraction of sp³-hybridized carbons (Fsp3) is 0.250. The number of rotatable bonds is 1. The van der Waals surface area contributed by atoms with Crippen LogP contribution in [0.4, 0.5) is 5.69 Å². The van der Waals surface area contributed by atoms with E-state index in [-0.39, 0.29) is 0 Å². The summed E-state index contributed by atoms with van der Waals surface area (Å²) in [5.74, 6) is 0. The van der Waals surface area contributed by atoms with Gasteiger partial charge in [-0.25, -0.2) is 0 Å². The molecule has 3 heteroatoms. The molecule has 0 heterocycles. The lowest BCUT2D eigenvalue weighted by Crippen LogP contribution is -1.95. The molecule has 1 nitrogen and oxygen atoms in total. The molecule has 0 atom stereocenters. The first-order valence-electron chi connectivity index (χ1n) is 3.38. The summed E-state index contributed by atoms with van der Waals surface area (Å²) in [5, 5.41) is 0. The molecule has 0 amide bonds. The van der Waals surface area contributed by atoms with E-state index in [4.69, 9.17) is 5.73 Å². The number of hydrogen-bond donors (Lipinski definition) is 1. The molecule has 1 rings (SSSR count). The third kappa shape index (κ3) is 2.21. The zero-order valence-corrected chi connectivity index (χ0v) is 10.5. The fourth-order valence-electron chi connectivity index (χ4n) is 0.841. The molecule has 1 aromatic carbocycles. The SMILES string of the molecule is CCc1cc(I)c(N)c(I)c1. The molecule has 2 N–H and O–H groups in total. The predicted molar refractivity (Wildman–Crippen MR) is 65.7 cm³/mol. The maximum absolute atomic E-state index is 5.79. The Morgan fingerprint density at radius 2 is 1.73 bits per heavy atom. The van der Waals surface area contributed by atoms with Crippen LogP contribution in [0, 0.1) is 7.14 Å². The van der Waals surface area contributed by atoms with Crippen molar-refractivity contribution < 1.29 is 0 Å². The van der Waals surface area contributed by atoms with Crippen LogP contribution in [0.3, 0.4) is 0 Å². The molecule has 0 aliphatic heterocycles. The van der Waals surface area contributed by atoms with Crippen molar-refractivity contribution in [3.05, 3.63) is 24.8 Å². The molecule has 0 radical (unpaired) electrons. The minimum atomic E-state index is 0.906. The third-order valence-electron chi connectivity index (χ3n) is 1.55. The summed E-state index contributed by atoms with van der Waals surface area (Å²) >= 11 is 4.54. The van der Waals surface area contributed by atoms with E-state index in [9.17, 15) is 0 Å². The molecule has 0 aliphatic rings. The molecule has 0 spiro atoms. The molecular weight excluding hydrogens is 364 g/mol. The van der Waals surface area contributed by atoms with Gasteiger partial charge in [0.2, 0.25) is 0 Å². The Morgan fingerprint density at radius 1 is 1.27 bits per heavy atom. The highest BCUT2D eigenvalue weighted by atomic mass is 127. The molecule has 11 heavy (non-hydrogen) atoms. The van der Waals surface area contributed by atoms with Gasteiger partial charge >= 0.3 is 0 Å². The van der Waals surface area contributed by atoms with Gasteiger partial charge in [0.25, 0.3) is 0 Å². The van der Waals surface area contributed by atoms with E-state index in [1.165, 1.54) is 5.56 Å². The first kappa shape index (κ1) is 9.57. The Kier molecular flexibility index (Phi) is 3.42. The third-order valence-corrected chi connectivity index (χ3v) is 3.33. The topological polar surface area (TPSA) is 26.0 Å². The maximum atomic E-state index is 5.79. The van der Waals surface area contributed by atoms with Crippen LogP contribution in [0.5, 0.6) is 0 Å². The highest BCUT2D eigenvalue weighted by molar-refractivity contribution is 14.1. The summed E-state index contributed by atoms with van der Waals surface area (Å²) < 4.78 is 2.32. The monoisotopic (exact) mass is 373 g/mol. The number of halogens is 2. The smallest absolute Gasteiger partial charge is 0.0585 e. The van der Waals surface area contributed by atoms with Gasteiger partial charge in [-0.3, -0.25) is 0 Å². The minimum absolute atomic E-state index is 0.906. The minimum Gasteiger partial charge on any atom is -0.397 e. The molecule has 60 valence electrons. The van der Waals surface area contributed by atoms with Gasteiger partial charge < -0.3 is 5.73 Å². The largest absolute Gasteiger partial charge is 0.397 e. The van der Waals surface area contributed by atoms with Gasteiger partial charge in [0, 0.05) is 7.14 Å². The number of benzene rings is 1. The zero-order chi connectivity index (χ0) is 8.43. The van der Waals surface area contributed by atoms with Gasteiger partial charge in [0.15, 0.2) is 0 Å². The van der Waals surface area contributed by atoms with E-state index in [1.807, 2.05) is 0 Å². The molecule has 1 aromatic rings. The van der Waals surface area contributed by atoms with Crippen LogP contribution in [-0.2, 0) is 6.42 Å². The van der Waals surface area contributed by atoms with Crippen molar-refractivity contribution in [3.63, 3.8) is 0 Å². The number of nitrogen functional groups attached to an aromatic ring is 1. The van der Waals surface area contributed by atoms with Crippen molar-refractivity contribution in [1.82, 2.24) is 0 Å². The highest BCUT2D eigenvalue weighted by Gasteiger charge is 2.01. The van der Waals surface area contributed by atoms with E-state index in [2.05, 4.69) is 64.2 Å². The zero-order valence-electron chi connectivity index (χ0n) is 6.20. The number of aryl methyl sites for hydroxylation is 1. The van der Waals surface area contributed by atoms with E-state index >= 15 is 0 Å². The summed E-state index contributed by atoms with van der Waals surface area (Å²) in [6.07, 6.45) is 1.08. The van der Waals surface area contributed by atoms with Gasteiger partial charge in [-0.1, -0.05) is 6.92 Å². The molecule has 0 aromatic heterocycles. The summed E-state index contributed by atoms with van der Waals surface area (Å²) in [7, 11) is 0. The maximum Gasteiger partial charge on any atom is 0.0585 e. The second-order valence-corrected chi connectivity index (χ2v) is 4.65. The van der Waals surface area contributed by atoms with Gasteiger partial charge in [-0.05, 0) is 69.3 Å². The molecule has 0 unspecified atom stereocenters. The van der Waals surface area contributed by atoms with E-state index in [0.29, 0.717) is 0 Å². The van der Waals surface area contributed by atoms with Crippen molar-refractivity contribution in [2.45, 2.75) is 13.3 Å². The first-order valence-corrected chi connectivity index (χ1v) is 5.54. The first-order chi connectivity index (χ1) is 5.15. The standard InChI is InChI=1S/C8H9I2N/c1-2-5-3-6(9)8(11)7(10)4-5/h3-4H,2,11H2,1H3. The number of hydrogen-bond acceptors (Lipinski definition) is 1. The fourth-order valence-corrected chi connectivity index (χ4v) is 2.74. The average molecular weight is 373 g/mol. The lowest BCUT2D eigenvalue weighted by Gasteiger charge is -2.04. The number of anilines is 1. The molecular formula is C8H9I2N. The van der Waals surface area contributed by atoms with E-state index < -0.39 is 0 Å². The van der Waals surface area contributed by atoms with Crippen LogP contribution in [0.1, 0.15) is 12.5 Å². The quantitative estimate of drug-likeness (QED) is 0.595. The molecule has 0 fully saturated rings. The van der Waals surface area contributed by atoms with Crippen LogP contribution in [-0.4, -0.2) is 0 Å². The number of nitrogens with two attached hydrogens (primary N) is 1. The Labute approximate surface area is 94.0 Å². The van der Waals surface area contributed by atoms with Crippen molar-refractivity contribution in [2.24, 2.45) is 0 Å². The molecule has 0 aliphatic carbocycles. The second kappa shape index (κ2) is 3.93. The summed E-state index contributed by atoms with van der Waals surface area (Å²) in [5.41, 5.74) is 8.05. The van der Waals surface area contributed by atoms with Crippen molar-refractivity contribution in [3.8, 4) is 0 Å². The summed E-state index contributed by atoms with van der Waals surface area (Å²) in [4.78, 5) is 0. The normalized spacial score (nSPS) is 10.1. The van der Waals surface area contributed by atoms with Crippen molar-refractivity contribution in [1.29, 1.82) is 0 Å². The molecule has 0 bridgehead atoms. The second-order valence-electron chi connectivity index (χ2n) is 2.33. The van der Waals surface area contributed by atoms with Crippen LogP contribution < -0.4 is 5.73 Å². The Bertz CT molecular complexity index is 248. The predicted octanol–water partition coefficient (Wildman–Crippen LogP) is 3.04. The Morgan fingerprint density at radius 3 is 2.09 bits per heavy atom. The Balaban J connectivity index is 3.21. The molecule has 0 saturated heterocycles.